The molecule has 0 aliphatic carbocycles. The summed E-state index contributed by atoms with van der Waals surface area (Å²) in [7, 11) is 3.57. The second-order valence-electron chi connectivity index (χ2n) is 8.38. The van der Waals surface area contributed by atoms with Crippen molar-refractivity contribution in [3.63, 3.8) is 0 Å². The molecule has 0 unspecified atom stereocenters. The van der Waals surface area contributed by atoms with E-state index in [1.807, 2.05) is 36.1 Å². The van der Waals surface area contributed by atoms with Gasteiger partial charge in [-0.05, 0) is 49.9 Å². The molecule has 1 saturated heterocycles. The molecule has 1 fully saturated rings. The summed E-state index contributed by atoms with van der Waals surface area (Å²) < 4.78 is 5.19. The minimum Gasteiger partial charge on any atom is -0.504 e. The van der Waals surface area contributed by atoms with E-state index >= 15 is 0 Å². The summed E-state index contributed by atoms with van der Waals surface area (Å²) in [6.45, 7) is 5.28. The second-order valence-corrected chi connectivity index (χ2v) is 8.38. The number of piperazine rings is 1. The third-order valence-electron chi connectivity index (χ3n) is 5.93. The molecule has 1 aliphatic heterocycles. The van der Waals surface area contributed by atoms with Gasteiger partial charge in [0, 0.05) is 43.5 Å². The van der Waals surface area contributed by atoms with E-state index in [0.717, 1.165) is 43.0 Å². The summed E-state index contributed by atoms with van der Waals surface area (Å²) >= 11 is 0. The van der Waals surface area contributed by atoms with E-state index in [1.54, 1.807) is 30.6 Å². The van der Waals surface area contributed by atoms with Crippen LogP contribution >= 0.6 is 0 Å². The fourth-order valence-electron chi connectivity index (χ4n) is 3.78. The molecular formula is C25H30N6O3. The maximum absolute atomic E-state index is 12.5. The summed E-state index contributed by atoms with van der Waals surface area (Å²) in [5, 5.41) is 16.2. The number of carbonyl (C=O) groups excluding carboxylic acids is 1. The van der Waals surface area contributed by atoms with Crippen LogP contribution in [0.3, 0.4) is 0 Å². The molecule has 9 heteroatoms. The van der Waals surface area contributed by atoms with E-state index in [4.69, 9.17) is 4.74 Å². The predicted octanol–water partition coefficient (Wildman–Crippen LogP) is 3.81. The minimum atomic E-state index is -0.0648. The van der Waals surface area contributed by atoms with E-state index in [0.29, 0.717) is 17.3 Å². The Morgan fingerprint density at radius 2 is 1.82 bits per heavy atom. The lowest BCUT2D eigenvalue weighted by Crippen LogP contribution is -2.48. The summed E-state index contributed by atoms with van der Waals surface area (Å²) in [5.74, 6) is 1.08. The van der Waals surface area contributed by atoms with Gasteiger partial charge in [0.25, 0.3) is 0 Å². The highest BCUT2D eigenvalue weighted by atomic mass is 16.5. The Labute approximate surface area is 199 Å². The van der Waals surface area contributed by atoms with Crippen LogP contribution in [0, 0.1) is 0 Å². The molecule has 3 aromatic rings. The number of methoxy groups -OCH3 is 1. The van der Waals surface area contributed by atoms with Crippen molar-refractivity contribution in [1.82, 2.24) is 19.8 Å². The molecule has 4 rings (SSSR count). The van der Waals surface area contributed by atoms with Crippen LogP contribution in [0.4, 0.5) is 16.3 Å². The maximum Gasteiger partial charge on any atom is 0.321 e. The molecule has 2 aromatic carbocycles. The molecule has 178 valence electrons. The Kier molecular flexibility index (Phi) is 7.12. The van der Waals surface area contributed by atoms with Gasteiger partial charge >= 0.3 is 6.03 Å². The third kappa shape index (κ3) is 5.55. The van der Waals surface area contributed by atoms with Gasteiger partial charge in [0.1, 0.15) is 5.82 Å². The van der Waals surface area contributed by atoms with Crippen molar-refractivity contribution in [3.8, 4) is 22.8 Å². The number of nitrogens with zero attached hydrogens (tertiary/aromatic N) is 4. The first kappa shape index (κ1) is 23.3. The van der Waals surface area contributed by atoms with E-state index in [9.17, 15) is 9.90 Å². The summed E-state index contributed by atoms with van der Waals surface area (Å²) in [5.41, 5.74) is 3.27. The van der Waals surface area contributed by atoms with E-state index < -0.39 is 0 Å². The van der Waals surface area contributed by atoms with Gasteiger partial charge in [-0.15, -0.1) is 0 Å². The Morgan fingerprint density at radius 3 is 2.53 bits per heavy atom. The number of phenols is 1. The van der Waals surface area contributed by atoms with Crippen molar-refractivity contribution in [2.75, 3.05) is 51.0 Å². The summed E-state index contributed by atoms with van der Waals surface area (Å²) in [4.78, 5) is 25.5. The van der Waals surface area contributed by atoms with Crippen LogP contribution in [0.15, 0.2) is 54.9 Å². The lowest BCUT2D eigenvalue weighted by atomic mass is 10.1. The van der Waals surface area contributed by atoms with Crippen molar-refractivity contribution in [2.45, 2.75) is 13.0 Å². The lowest BCUT2D eigenvalue weighted by molar-refractivity contribution is 0.164. The molecule has 0 saturated carbocycles. The predicted molar refractivity (Wildman–Crippen MR) is 132 cm³/mol. The Morgan fingerprint density at radius 1 is 1.09 bits per heavy atom. The molecule has 0 spiro atoms. The number of aromatic nitrogens is 2. The number of hydrogen-bond donors (Lipinski definition) is 3. The number of carbonyl (C=O) groups is 1. The van der Waals surface area contributed by atoms with Crippen LogP contribution in [-0.4, -0.2) is 71.2 Å². The zero-order chi connectivity index (χ0) is 24.1. The van der Waals surface area contributed by atoms with E-state index in [1.165, 1.54) is 7.11 Å². The average Bonchev–Trinajstić information content (AvgIpc) is 2.85. The smallest absolute Gasteiger partial charge is 0.321 e. The van der Waals surface area contributed by atoms with E-state index in [2.05, 4.69) is 32.5 Å². The number of likely N-dealkylation sites (N-methyl/N-ethyl adjacent to an activating group) is 1. The lowest BCUT2D eigenvalue weighted by Gasteiger charge is -2.32. The van der Waals surface area contributed by atoms with Crippen molar-refractivity contribution < 1.29 is 14.6 Å². The molecular weight excluding hydrogens is 432 g/mol. The number of ether oxygens (including phenoxy) is 1. The van der Waals surface area contributed by atoms with Crippen LogP contribution in [-0.2, 0) is 0 Å². The molecule has 9 nitrogen and oxygen atoms in total. The number of amides is 2. The van der Waals surface area contributed by atoms with Gasteiger partial charge in [-0.3, -0.25) is 4.98 Å². The standard InChI is InChI=1S/C25H30N6O3/c1-17(18-4-7-20(8-5-18)28-25(33)31-12-10-30(2)11-13-31)27-24-16-26-15-21(29-24)19-6-9-22(32)23(14-19)34-3/h4-9,14-17,32H,10-13H2,1-3H3,(H,27,29)(H,28,33)/t17-/m1/s1. The Balaban J connectivity index is 1.39. The third-order valence-corrected chi connectivity index (χ3v) is 5.93. The topological polar surface area (TPSA) is 103 Å². The van der Waals surface area contributed by atoms with Crippen LogP contribution < -0.4 is 15.4 Å². The number of urea groups is 1. The first-order chi connectivity index (χ1) is 16.4. The van der Waals surface area contributed by atoms with Gasteiger partial charge in [-0.25, -0.2) is 9.78 Å². The number of phenolic OH excluding ortho intramolecular Hbond substituents is 1. The first-order valence-corrected chi connectivity index (χ1v) is 11.2. The number of hydrogen-bond acceptors (Lipinski definition) is 7. The van der Waals surface area contributed by atoms with Crippen LogP contribution in [0.5, 0.6) is 11.5 Å². The number of anilines is 2. The highest BCUT2D eigenvalue weighted by Crippen LogP contribution is 2.31. The van der Waals surface area contributed by atoms with E-state index in [-0.39, 0.29) is 17.8 Å². The SMILES string of the molecule is COc1cc(-c2cncc(N[C@H](C)c3ccc(NC(=O)N4CCN(C)CC4)cc3)n2)ccc1O. The Hall–Kier alpha value is -3.85. The summed E-state index contributed by atoms with van der Waals surface area (Å²) in [6, 6.07) is 12.8. The van der Waals surface area contributed by atoms with Crippen molar-refractivity contribution in [3.05, 3.63) is 60.4 Å². The molecule has 1 aliphatic rings. The molecule has 2 heterocycles. The number of rotatable bonds is 6. The molecule has 1 aromatic heterocycles. The second kappa shape index (κ2) is 10.4. The fourth-order valence-corrected chi connectivity index (χ4v) is 3.78. The first-order valence-electron chi connectivity index (χ1n) is 11.2. The van der Waals surface area contributed by atoms with Gasteiger partial charge in [0.15, 0.2) is 11.5 Å². The molecule has 34 heavy (non-hydrogen) atoms. The van der Waals surface area contributed by atoms with Crippen LogP contribution in [0.25, 0.3) is 11.3 Å². The zero-order valence-corrected chi connectivity index (χ0v) is 19.7. The largest absolute Gasteiger partial charge is 0.504 e. The molecule has 0 radical (unpaired) electrons. The van der Waals surface area contributed by atoms with Gasteiger partial charge < -0.3 is 30.3 Å². The monoisotopic (exact) mass is 462 g/mol. The van der Waals surface area contributed by atoms with Crippen molar-refractivity contribution >= 4 is 17.5 Å². The highest BCUT2D eigenvalue weighted by Gasteiger charge is 2.19. The average molecular weight is 463 g/mol. The molecule has 0 bridgehead atoms. The number of nitrogens with one attached hydrogen (secondary N) is 2. The minimum absolute atomic E-state index is 0.0266. The van der Waals surface area contributed by atoms with Gasteiger partial charge in [-0.1, -0.05) is 12.1 Å². The summed E-state index contributed by atoms with van der Waals surface area (Å²) in [6.07, 6.45) is 3.34. The van der Waals surface area contributed by atoms with Crippen LogP contribution in [0.1, 0.15) is 18.5 Å². The van der Waals surface area contributed by atoms with Crippen molar-refractivity contribution in [1.29, 1.82) is 0 Å². The van der Waals surface area contributed by atoms with Gasteiger partial charge in [0.2, 0.25) is 0 Å². The maximum atomic E-state index is 12.5. The quantitative estimate of drug-likeness (QED) is 0.512. The number of aromatic hydroxyl groups is 1. The van der Waals surface area contributed by atoms with Crippen molar-refractivity contribution in [2.24, 2.45) is 0 Å². The zero-order valence-electron chi connectivity index (χ0n) is 19.7. The normalized spacial score (nSPS) is 15.0. The molecule has 2 amide bonds. The van der Waals surface area contributed by atoms with Gasteiger partial charge in [0.05, 0.1) is 25.2 Å². The molecule has 1 atom stereocenters. The fraction of sp³-hybridized carbons (Fsp3) is 0.320. The highest BCUT2D eigenvalue weighted by molar-refractivity contribution is 5.89. The van der Waals surface area contributed by atoms with Gasteiger partial charge in [-0.2, -0.15) is 0 Å². The Bertz CT molecular complexity index is 1130. The molecule has 3 N–H and O–H groups in total. The van der Waals surface area contributed by atoms with Crippen LogP contribution in [0.2, 0.25) is 0 Å². The number of benzene rings is 2.